The number of ether oxygens (including phenoxy) is 1. The molecule has 0 unspecified atom stereocenters. The maximum absolute atomic E-state index is 12.9. The Hall–Kier alpha value is -1.52. The van der Waals surface area contributed by atoms with Crippen LogP contribution in [0.1, 0.15) is 42.2 Å². The van der Waals surface area contributed by atoms with E-state index in [1.807, 2.05) is 24.3 Å². The molecule has 8 nitrogen and oxygen atoms in total. The Labute approximate surface area is 223 Å². The third kappa shape index (κ3) is 5.03. The number of anilines is 1. The Morgan fingerprint density at radius 2 is 1.89 bits per heavy atom. The Bertz CT molecular complexity index is 1000. The Morgan fingerprint density at radius 1 is 1.17 bits per heavy atom. The van der Waals surface area contributed by atoms with Gasteiger partial charge in [0.15, 0.2) is 0 Å². The number of morpholine rings is 1. The maximum Gasteiger partial charge on any atom is 0.146 e. The quantitative estimate of drug-likeness (QED) is 0.556. The average Bonchev–Trinajstić information content (AvgIpc) is 3.15. The van der Waals surface area contributed by atoms with Gasteiger partial charge in [-0.1, -0.05) is 30.7 Å². The molecule has 0 bridgehead atoms. The SMILES string of the molecule is C[C@@H]1C[C@H](O)c2ncnc(N3CCN([C@@](C=O)(c4ccc(Cl)cc4)[C@@H]4COCCN4)CC3)c21.Cl.Cl. The molecule has 5 rings (SSSR count). The largest absolute Gasteiger partial charge is 0.387 e. The van der Waals surface area contributed by atoms with Crippen molar-refractivity contribution in [3.8, 4) is 0 Å². The van der Waals surface area contributed by atoms with Gasteiger partial charge in [0.25, 0.3) is 0 Å². The summed E-state index contributed by atoms with van der Waals surface area (Å²) in [6, 6.07) is 7.41. The number of hydrogen-bond acceptors (Lipinski definition) is 8. The number of fused-ring (bicyclic) bond motifs is 1. The van der Waals surface area contributed by atoms with E-state index in [1.54, 1.807) is 6.33 Å². The molecule has 35 heavy (non-hydrogen) atoms. The van der Waals surface area contributed by atoms with E-state index in [4.69, 9.17) is 16.3 Å². The molecule has 1 aromatic carbocycles. The fraction of sp³-hybridized carbons (Fsp3) is 0.542. The normalized spacial score (nSPS) is 26.1. The fourth-order valence-electron chi connectivity index (χ4n) is 5.64. The van der Waals surface area contributed by atoms with Crippen LogP contribution in [0, 0.1) is 0 Å². The van der Waals surface area contributed by atoms with Crippen LogP contribution in [-0.2, 0) is 15.1 Å². The molecule has 0 amide bonds. The van der Waals surface area contributed by atoms with E-state index in [1.165, 1.54) is 0 Å². The van der Waals surface area contributed by atoms with Crippen molar-refractivity contribution < 1.29 is 14.6 Å². The second-order valence-corrected chi connectivity index (χ2v) is 9.59. The number of benzene rings is 1. The first-order chi connectivity index (χ1) is 16.0. The first-order valence-corrected chi connectivity index (χ1v) is 12.0. The van der Waals surface area contributed by atoms with Crippen LogP contribution in [-0.4, -0.2) is 78.2 Å². The molecule has 11 heteroatoms. The number of nitrogens with one attached hydrogen (secondary N) is 1. The highest BCUT2D eigenvalue weighted by Crippen LogP contribution is 2.43. The van der Waals surface area contributed by atoms with E-state index >= 15 is 0 Å². The summed E-state index contributed by atoms with van der Waals surface area (Å²) in [7, 11) is 0. The van der Waals surface area contributed by atoms with Crippen LogP contribution in [0.3, 0.4) is 0 Å². The smallest absolute Gasteiger partial charge is 0.146 e. The first-order valence-electron chi connectivity index (χ1n) is 11.6. The summed E-state index contributed by atoms with van der Waals surface area (Å²) in [6.45, 7) is 6.77. The summed E-state index contributed by atoms with van der Waals surface area (Å²) in [5.41, 5.74) is 1.87. The van der Waals surface area contributed by atoms with Crippen LogP contribution in [0.25, 0.3) is 0 Å². The van der Waals surface area contributed by atoms with Crippen molar-refractivity contribution in [3.63, 3.8) is 0 Å². The average molecular weight is 545 g/mol. The van der Waals surface area contributed by atoms with Crippen LogP contribution < -0.4 is 10.2 Å². The van der Waals surface area contributed by atoms with E-state index in [0.29, 0.717) is 44.3 Å². The van der Waals surface area contributed by atoms with Crippen molar-refractivity contribution in [2.75, 3.05) is 50.8 Å². The summed E-state index contributed by atoms with van der Waals surface area (Å²) in [4.78, 5) is 26.3. The van der Waals surface area contributed by atoms with E-state index in [9.17, 15) is 9.90 Å². The molecule has 4 atom stereocenters. The number of aliphatic hydroxyl groups is 1. The third-order valence-corrected chi connectivity index (χ3v) is 7.57. The number of carbonyl (C=O) groups is 1. The lowest BCUT2D eigenvalue weighted by Gasteiger charge is -2.50. The van der Waals surface area contributed by atoms with Crippen molar-refractivity contribution >= 4 is 48.5 Å². The third-order valence-electron chi connectivity index (χ3n) is 7.32. The topological polar surface area (TPSA) is 90.8 Å². The van der Waals surface area contributed by atoms with Crippen LogP contribution in [0.4, 0.5) is 5.82 Å². The molecule has 2 aliphatic heterocycles. The number of carbonyl (C=O) groups excluding carboxylic acids is 1. The number of hydrogen-bond donors (Lipinski definition) is 2. The highest BCUT2D eigenvalue weighted by atomic mass is 35.5. The number of nitrogens with zero attached hydrogens (tertiary/aromatic N) is 4. The molecule has 2 N–H and O–H groups in total. The maximum atomic E-state index is 12.9. The highest BCUT2D eigenvalue weighted by molar-refractivity contribution is 6.30. The predicted octanol–water partition coefficient (Wildman–Crippen LogP) is 2.72. The van der Waals surface area contributed by atoms with Crippen molar-refractivity contribution in [2.45, 2.75) is 36.9 Å². The molecule has 3 aliphatic rings. The summed E-state index contributed by atoms with van der Waals surface area (Å²) in [5, 5.41) is 14.5. The highest BCUT2D eigenvalue weighted by Gasteiger charge is 2.47. The van der Waals surface area contributed by atoms with Crippen LogP contribution in [0.2, 0.25) is 5.02 Å². The van der Waals surface area contributed by atoms with Crippen molar-refractivity contribution in [1.29, 1.82) is 0 Å². The Balaban J connectivity index is 0.00000171. The fourth-order valence-corrected chi connectivity index (χ4v) is 5.76. The van der Waals surface area contributed by atoms with Gasteiger partial charge in [0.2, 0.25) is 0 Å². The van der Waals surface area contributed by atoms with Gasteiger partial charge >= 0.3 is 0 Å². The standard InChI is InChI=1S/C24H30ClN5O3.2ClH/c1-16-12-19(32)22-21(16)23(28-15-27-22)29-7-9-30(10-8-29)24(14-31,20-13-33-11-6-26-20)17-2-4-18(25)5-3-17;;/h2-5,14-16,19-20,26,32H,6-13H2,1H3;2*1H/t16-,19+,20+,24+;;/m1../s1. The molecule has 2 fully saturated rings. The summed E-state index contributed by atoms with van der Waals surface area (Å²) in [5.74, 6) is 1.13. The zero-order chi connectivity index (χ0) is 23.0. The summed E-state index contributed by atoms with van der Waals surface area (Å²) in [6.07, 6.45) is 2.77. The monoisotopic (exact) mass is 543 g/mol. The van der Waals surface area contributed by atoms with Gasteiger partial charge in [0.1, 0.15) is 24.0 Å². The molecule has 3 heterocycles. The summed E-state index contributed by atoms with van der Waals surface area (Å²) < 4.78 is 5.76. The molecular weight excluding hydrogens is 513 g/mol. The molecule has 0 radical (unpaired) electrons. The minimum atomic E-state index is -0.853. The van der Waals surface area contributed by atoms with Gasteiger partial charge in [-0.05, 0) is 30.0 Å². The number of rotatable bonds is 5. The molecule has 2 aromatic rings. The second-order valence-electron chi connectivity index (χ2n) is 9.15. The number of aldehydes is 1. The number of piperazine rings is 1. The molecule has 0 saturated carbocycles. The summed E-state index contributed by atoms with van der Waals surface area (Å²) >= 11 is 6.15. The Kier molecular flexibility index (Phi) is 9.37. The van der Waals surface area contributed by atoms with Gasteiger partial charge in [0.05, 0.1) is 31.1 Å². The molecule has 1 aromatic heterocycles. The van der Waals surface area contributed by atoms with Gasteiger partial charge in [-0.3, -0.25) is 4.90 Å². The molecule has 2 saturated heterocycles. The zero-order valence-electron chi connectivity index (χ0n) is 19.6. The zero-order valence-corrected chi connectivity index (χ0v) is 22.0. The van der Waals surface area contributed by atoms with E-state index in [0.717, 1.165) is 42.0 Å². The predicted molar refractivity (Wildman–Crippen MR) is 140 cm³/mol. The number of aliphatic hydroxyl groups excluding tert-OH is 1. The van der Waals surface area contributed by atoms with Gasteiger partial charge in [0, 0.05) is 43.3 Å². The molecular formula is C24H32Cl3N5O3. The minimum absolute atomic E-state index is 0. The Morgan fingerprint density at radius 3 is 2.51 bits per heavy atom. The van der Waals surface area contributed by atoms with Crippen molar-refractivity contribution in [3.05, 3.63) is 52.4 Å². The van der Waals surface area contributed by atoms with Crippen LogP contribution in [0.15, 0.2) is 30.6 Å². The van der Waals surface area contributed by atoms with Crippen molar-refractivity contribution in [2.24, 2.45) is 0 Å². The van der Waals surface area contributed by atoms with E-state index in [2.05, 4.69) is 32.0 Å². The van der Waals surface area contributed by atoms with Crippen LogP contribution >= 0.6 is 36.4 Å². The van der Waals surface area contributed by atoms with E-state index in [-0.39, 0.29) is 36.8 Å². The lowest BCUT2D eigenvalue weighted by Crippen LogP contribution is -2.66. The lowest BCUT2D eigenvalue weighted by atomic mass is 9.81. The second kappa shape index (κ2) is 11.7. The lowest BCUT2D eigenvalue weighted by molar-refractivity contribution is -0.125. The van der Waals surface area contributed by atoms with Gasteiger partial charge in [-0.25, -0.2) is 9.97 Å². The minimum Gasteiger partial charge on any atom is -0.387 e. The van der Waals surface area contributed by atoms with Gasteiger partial charge in [-0.2, -0.15) is 0 Å². The number of halogens is 3. The number of aromatic nitrogens is 2. The van der Waals surface area contributed by atoms with Crippen LogP contribution in [0.5, 0.6) is 0 Å². The van der Waals surface area contributed by atoms with E-state index < -0.39 is 11.6 Å². The molecule has 192 valence electrons. The van der Waals surface area contributed by atoms with Gasteiger partial charge < -0.3 is 24.9 Å². The van der Waals surface area contributed by atoms with Gasteiger partial charge in [-0.15, -0.1) is 24.8 Å². The van der Waals surface area contributed by atoms with Crippen molar-refractivity contribution in [1.82, 2.24) is 20.2 Å². The molecule has 1 aliphatic carbocycles. The first kappa shape index (κ1) is 28.1. The molecule has 0 spiro atoms.